The number of fused-ring (bicyclic) bond motifs is 1. The Balaban J connectivity index is 1.80. The molecule has 2 aromatic rings. The number of nitrogens with zero attached hydrogens (tertiary/aromatic N) is 3. The van der Waals surface area contributed by atoms with Gasteiger partial charge in [0, 0.05) is 26.2 Å². The van der Waals surface area contributed by atoms with E-state index in [0.29, 0.717) is 12.5 Å². The summed E-state index contributed by atoms with van der Waals surface area (Å²) >= 11 is 0. The predicted octanol–water partition coefficient (Wildman–Crippen LogP) is 2.79. The Labute approximate surface area is 135 Å². The number of hydrogen-bond acceptors (Lipinski definition) is 5. The van der Waals surface area contributed by atoms with E-state index >= 15 is 0 Å². The van der Waals surface area contributed by atoms with E-state index in [0.717, 1.165) is 24.2 Å². The van der Waals surface area contributed by atoms with E-state index in [9.17, 15) is 4.39 Å². The molecule has 6 heteroatoms. The molecule has 1 aromatic carbocycles. The minimum Gasteiger partial charge on any atom is -0.496 e. The van der Waals surface area contributed by atoms with Crippen molar-refractivity contribution in [3.05, 3.63) is 40.8 Å². The first-order chi connectivity index (χ1) is 11.1. The summed E-state index contributed by atoms with van der Waals surface area (Å²) in [5, 5.41) is 3.15. The number of methoxy groups -OCH3 is 1. The van der Waals surface area contributed by atoms with E-state index in [1.165, 1.54) is 23.7 Å². The SMILES string of the molecule is COc1cc2c(cc1CNc1ncc(F)c(N(C)C)n1)CCC2. The van der Waals surface area contributed by atoms with Gasteiger partial charge in [-0.3, -0.25) is 0 Å². The predicted molar refractivity (Wildman–Crippen MR) is 88.7 cm³/mol. The molecular weight excluding hydrogens is 295 g/mol. The molecule has 1 aliphatic carbocycles. The van der Waals surface area contributed by atoms with Gasteiger partial charge in [0.2, 0.25) is 5.95 Å². The second-order valence-electron chi connectivity index (χ2n) is 5.90. The van der Waals surface area contributed by atoms with Crippen molar-refractivity contribution in [3.63, 3.8) is 0 Å². The number of ether oxygens (including phenoxy) is 1. The van der Waals surface area contributed by atoms with Crippen molar-refractivity contribution in [2.75, 3.05) is 31.4 Å². The maximum absolute atomic E-state index is 13.6. The fourth-order valence-corrected chi connectivity index (χ4v) is 2.91. The molecule has 1 heterocycles. The zero-order chi connectivity index (χ0) is 16.4. The molecule has 0 unspecified atom stereocenters. The molecule has 5 nitrogen and oxygen atoms in total. The third kappa shape index (κ3) is 3.21. The summed E-state index contributed by atoms with van der Waals surface area (Å²) in [5.41, 5.74) is 3.82. The van der Waals surface area contributed by atoms with Crippen molar-refractivity contribution in [3.8, 4) is 5.75 Å². The van der Waals surface area contributed by atoms with Crippen LogP contribution in [-0.4, -0.2) is 31.2 Å². The molecule has 0 aliphatic heterocycles. The molecule has 23 heavy (non-hydrogen) atoms. The van der Waals surface area contributed by atoms with E-state index in [1.54, 1.807) is 26.1 Å². The van der Waals surface area contributed by atoms with Crippen LogP contribution in [0.4, 0.5) is 16.2 Å². The normalized spacial score (nSPS) is 12.9. The quantitative estimate of drug-likeness (QED) is 0.919. The lowest BCUT2D eigenvalue weighted by Gasteiger charge is -2.15. The molecule has 0 spiro atoms. The highest BCUT2D eigenvalue weighted by Gasteiger charge is 2.15. The Morgan fingerprint density at radius 2 is 2.00 bits per heavy atom. The molecule has 0 fully saturated rings. The Morgan fingerprint density at radius 3 is 2.70 bits per heavy atom. The topological polar surface area (TPSA) is 50.3 Å². The summed E-state index contributed by atoms with van der Waals surface area (Å²) in [7, 11) is 5.18. The van der Waals surface area contributed by atoms with E-state index in [2.05, 4.69) is 27.4 Å². The zero-order valence-electron chi connectivity index (χ0n) is 13.7. The molecule has 0 bridgehead atoms. The van der Waals surface area contributed by atoms with Crippen LogP contribution in [0.15, 0.2) is 18.3 Å². The maximum atomic E-state index is 13.6. The number of aromatic nitrogens is 2. The molecule has 0 radical (unpaired) electrons. The molecule has 122 valence electrons. The average molecular weight is 316 g/mol. The zero-order valence-corrected chi connectivity index (χ0v) is 13.7. The Bertz CT molecular complexity index is 718. The summed E-state index contributed by atoms with van der Waals surface area (Å²) in [6, 6.07) is 4.31. The van der Waals surface area contributed by atoms with Gasteiger partial charge in [0.1, 0.15) is 5.75 Å². The molecule has 0 atom stereocenters. The largest absolute Gasteiger partial charge is 0.496 e. The van der Waals surface area contributed by atoms with Crippen molar-refractivity contribution in [1.29, 1.82) is 0 Å². The van der Waals surface area contributed by atoms with Gasteiger partial charge in [0.05, 0.1) is 13.3 Å². The maximum Gasteiger partial charge on any atom is 0.225 e. The first-order valence-corrected chi connectivity index (χ1v) is 7.71. The van der Waals surface area contributed by atoms with Crippen molar-refractivity contribution in [1.82, 2.24) is 9.97 Å². The van der Waals surface area contributed by atoms with Crippen LogP contribution in [0.2, 0.25) is 0 Å². The first-order valence-electron chi connectivity index (χ1n) is 7.71. The van der Waals surface area contributed by atoms with Gasteiger partial charge >= 0.3 is 0 Å². The summed E-state index contributed by atoms with van der Waals surface area (Å²) in [5.74, 6) is 1.10. The highest BCUT2D eigenvalue weighted by atomic mass is 19.1. The van der Waals surface area contributed by atoms with Gasteiger partial charge < -0.3 is 15.0 Å². The number of halogens is 1. The number of rotatable bonds is 5. The minimum atomic E-state index is -0.435. The first kappa shape index (κ1) is 15.5. The lowest BCUT2D eigenvalue weighted by atomic mass is 10.1. The molecular formula is C17H21FN4O. The molecule has 0 amide bonds. The van der Waals surface area contributed by atoms with Crippen LogP contribution in [0, 0.1) is 5.82 Å². The lowest BCUT2D eigenvalue weighted by molar-refractivity contribution is 0.410. The van der Waals surface area contributed by atoms with Gasteiger partial charge in [-0.1, -0.05) is 6.07 Å². The van der Waals surface area contributed by atoms with Crippen LogP contribution >= 0.6 is 0 Å². The van der Waals surface area contributed by atoms with Gasteiger partial charge in [0.25, 0.3) is 0 Å². The number of anilines is 2. The number of nitrogens with one attached hydrogen (secondary N) is 1. The Kier molecular flexibility index (Phi) is 4.32. The fraction of sp³-hybridized carbons (Fsp3) is 0.412. The number of aryl methyl sites for hydroxylation is 2. The van der Waals surface area contributed by atoms with Crippen LogP contribution < -0.4 is 15.0 Å². The van der Waals surface area contributed by atoms with E-state index in [-0.39, 0.29) is 5.82 Å². The lowest BCUT2D eigenvalue weighted by Crippen LogP contribution is -2.15. The van der Waals surface area contributed by atoms with Crippen molar-refractivity contribution in [2.24, 2.45) is 0 Å². The van der Waals surface area contributed by atoms with Crippen LogP contribution in [0.3, 0.4) is 0 Å². The van der Waals surface area contributed by atoms with Gasteiger partial charge in [-0.2, -0.15) is 4.98 Å². The monoisotopic (exact) mass is 316 g/mol. The summed E-state index contributed by atoms with van der Waals surface area (Å²) in [6.45, 7) is 0.537. The van der Waals surface area contributed by atoms with Gasteiger partial charge in [-0.05, 0) is 36.5 Å². The van der Waals surface area contributed by atoms with E-state index in [1.807, 2.05) is 0 Å². The smallest absolute Gasteiger partial charge is 0.225 e. The molecule has 1 aromatic heterocycles. The van der Waals surface area contributed by atoms with Gasteiger partial charge in [-0.25, -0.2) is 9.37 Å². The van der Waals surface area contributed by atoms with Crippen LogP contribution in [-0.2, 0) is 19.4 Å². The average Bonchev–Trinajstić information content (AvgIpc) is 3.00. The number of hydrogen-bond donors (Lipinski definition) is 1. The summed E-state index contributed by atoms with van der Waals surface area (Å²) < 4.78 is 19.1. The third-order valence-electron chi connectivity index (χ3n) is 4.08. The Hall–Kier alpha value is -2.37. The van der Waals surface area contributed by atoms with Crippen molar-refractivity contribution >= 4 is 11.8 Å². The van der Waals surface area contributed by atoms with Crippen LogP contribution in [0.1, 0.15) is 23.1 Å². The molecule has 1 N–H and O–H groups in total. The second kappa shape index (κ2) is 6.40. The van der Waals surface area contributed by atoms with E-state index < -0.39 is 5.82 Å². The molecule has 1 aliphatic rings. The fourth-order valence-electron chi connectivity index (χ4n) is 2.91. The summed E-state index contributed by atoms with van der Waals surface area (Å²) in [4.78, 5) is 9.83. The number of benzene rings is 1. The molecule has 3 rings (SSSR count). The van der Waals surface area contributed by atoms with Gasteiger partial charge in [-0.15, -0.1) is 0 Å². The van der Waals surface area contributed by atoms with Crippen LogP contribution in [0.25, 0.3) is 0 Å². The van der Waals surface area contributed by atoms with Gasteiger partial charge in [0.15, 0.2) is 11.6 Å². The van der Waals surface area contributed by atoms with E-state index in [4.69, 9.17) is 4.74 Å². The second-order valence-corrected chi connectivity index (χ2v) is 5.90. The highest BCUT2D eigenvalue weighted by Crippen LogP contribution is 2.30. The minimum absolute atomic E-state index is 0.267. The molecule has 0 saturated carbocycles. The third-order valence-corrected chi connectivity index (χ3v) is 4.08. The van der Waals surface area contributed by atoms with Crippen LogP contribution in [0.5, 0.6) is 5.75 Å². The van der Waals surface area contributed by atoms with Crippen molar-refractivity contribution in [2.45, 2.75) is 25.8 Å². The standard InChI is InChI=1S/C17H21FN4O/c1-22(2)16-14(18)10-20-17(21-16)19-9-13-7-11-5-4-6-12(11)8-15(13)23-3/h7-8,10H,4-6,9H2,1-3H3,(H,19,20,21). The van der Waals surface area contributed by atoms with Crippen molar-refractivity contribution < 1.29 is 9.13 Å². The Morgan fingerprint density at radius 1 is 1.26 bits per heavy atom. The highest BCUT2D eigenvalue weighted by molar-refractivity contribution is 5.47. The summed E-state index contributed by atoms with van der Waals surface area (Å²) in [6.07, 6.45) is 4.62. The molecule has 0 saturated heterocycles.